The maximum absolute atomic E-state index is 11.8. The quantitative estimate of drug-likeness (QED) is 0.589. The Balaban J connectivity index is 1.79. The maximum atomic E-state index is 11.8. The standard InChI is InChI=1S/C11H19N3O2/c15-10-7-9(13-14-10)11(16)12-8-5-3-1-2-4-6-8/h8-9,13H,1-7H2,(H,12,16)(H,14,15). The van der Waals surface area contributed by atoms with Crippen molar-refractivity contribution in [2.24, 2.45) is 0 Å². The average molecular weight is 225 g/mol. The van der Waals surface area contributed by atoms with Crippen LogP contribution in [-0.2, 0) is 9.59 Å². The molecule has 0 aromatic carbocycles. The van der Waals surface area contributed by atoms with Gasteiger partial charge in [0.15, 0.2) is 0 Å². The summed E-state index contributed by atoms with van der Waals surface area (Å²) >= 11 is 0. The van der Waals surface area contributed by atoms with E-state index < -0.39 is 6.04 Å². The van der Waals surface area contributed by atoms with Gasteiger partial charge in [-0.2, -0.15) is 0 Å². The number of hydrogen-bond acceptors (Lipinski definition) is 3. The van der Waals surface area contributed by atoms with Crippen LogP contribution in [0.15, 0.2) is 0 Å². The molecule has 16 heavy (non-hydrogen) atoms. The van der Waals surface area contributed by atoms with E-state index in [1.807, 2.05) is 0 Å². The molecule has 1 aliphatic carbocycles. The molecule has 0 aromatic rings. The van der Waals surface area contributed by atoms with Gasteiger partial charge >= 0.3 is 0 Å². The van der Waals surface area contributed by atoms with Crippen LogP contribution < -0.4 is 16.2 Å². The molecule has 2 amide bonds. The second-order valence-electron chi connectivity index (χ2n) is 4.65. The minimum Gasteiger partial charge on any atom is -0.352 e. The van der Waals surface area contributed by atoms with Crippen molar-refractivity contribution in [1.29, 1.82) is 0 Å². The molecule has 1 aliphatic heterocycles. The summed E-state index contributed by atoms with van der Waals surface area (Å²) in [5.74, 6) is -0.161. The Kier molecular flexibility index (Phi) is 3.77. The van der Waals surface area contributed by atoms with Crippen LogP contribution in [0.1, 0.15) is 44.9 Å². The number of hydrazine groups is 1. The van der Waals surface area contributed by atoms with E-state index in [2.05, 4.69) is 16.2 Å². The summed E-state index contributed by atoms with van der Waals surface area (Å²) in [7, 11) is 0. The molecule has 0 spiro atoms. The first kappa shape index (κ1) is 11.4. The van der Waals surface area contributed by atoms with Crippen molar-refractivity contribution < 1.29 is 9.59 Å². The van der Waals surface area contributed by atoms with Gasteiger partial charge < -0.3 is 5.32 Å². The SMILES string of the molecule is O=C1CC(C(=O)NC2CCCCCC2)NN1. The first-order valence-electron chi connectivity index (χ1n) is 6.10. The zero-order valence-electron chi connectivity index (χ0n) is 9.42. The molecule has 0 radical (unpaired) electrons. The van der Waals surface area contributed by atoms with Crippen LogP contribution in [0.4, 0.5) is 0 Å². The van der Waals surface area contributed by atoms with Crippen LogP contribution in [0.25, 0.3) is 0 Å². The van der Waals surface area contributed by atoms with E-state index in [1.165, 1.54) is 25.7 Å². The van der Waals surface area contributed by atoms with Crippen molar-refractivity contribution in [3.63, 3.8) is 0 Å². The molecular formula is C11H19N3O2. The molecule has 2 aliphatic rings. The molecule has 2 rings (SSSR count). The van der Waals surface area contributed by atoms with Crippen LogP contribution >= 0.6 is 0 Å². The molecule has 0 aromatic heterocycles. The highest BCUT2D eigenvalue weighted by atomic mass is 16.2. The fraction of sp³-hybridized carbons (Fsp3) is 0.818. The van der Waals surface area contributed by atoms with E-state index in [1.54, 1.807) is 0 Å². The summed E-state index contributed by atoms with van der Waals surface area (Å²) < 4.78 is 0. The first-order chi connectivity index (χ1) is 7.75. The van der Waals surface area contributed by atoms with E-state index in [-0.39, 0.29) is 18.2 Å². The third kappa shape index (κ3) is 2.95. The molecule has 90 valence electrons. The second kappa shape index (κ2) is 5.30. The minimum absolute atomic E-state index is 0.0507. The van der Waals surface area contributed by atoms with Crippen LogP contribution in [0, 0.1) is 0 Å². The largest absolute Gasteiger partial charge is 0.352 e. The van der Waals surface area contributed by atoms with Gasteiger partial charge in [0, 0.05) is 6.04 Å². The summed E-state index contributed by atoms with van der Waals surface area (Å²) in [5, 5.41) is 3.03. The van der Waals surface area contributed by atoms with Gasteiger partial charge in [-0.3, -0.25) is 15.0 Å². The highest BCUT2D eigenvalue weighted by molar-refractivity contribution is 5.90. The predicted octanol–water partition coefficient (Wildman–Crippen LogP) is 0.218. The van der Waals surface area contributed by atoms with Gasteiger partial charge in [0.25, 0.3) is 0 Å². The van der Waals surface area contributed by atoms with Crippen LogP contribution in [0.5, 0.6) is 0 Å². The number of hydrogen-bond donors (Lipinski definition) is 3. The number of nitrogens with one attached hydrogen (secondary N) is 3. The molecule has 0 bridgehead atoms. The van der Waals surface area contributed by atoms with E-state index in [0.29, 0.717) is 6.04 Å². The van der Waals surface area contributed by atoms with Crippen molar-refractivity contribution in [3.05, 3.63) is 0 Å². The number of rotatable bonds is 2. The monoisotopic (exact) mass is 225 g/mol. The Morgan fingerprint density at radius 3 is 2.44 bits per heavy atom. The molecule has 1 unspecified atom stereocenters. The number of carbonyl (C=O) groups excluding carboxylic acids is 2. The first-order valence-corrected chi connectivity index (χ1v) is 6.10. The Morgan fingerprint density at radius 2 is 1.88 bits per heavy atom. The number of amides is 2. The molecule has 5 nitrogen and oxygen atoms in total. The summed E-state index contributed by atoms with van der Waals surface area (Å²) in [5.41, 5.74) is 5.15. The topological polar surface area (TPSA) is 70.2 Å². The van der Waals surface area contributed by atoms with Crippen molar-refractivity contribution in [1.82, 2.24) is 16.2 Å². The van der Waals surface area contributed by atoms with E-state index in [4.69, 9.17) is 0 Å². The van der Waals surface area contributed by atoms with Gasteiger partial charge in [0.1, 0.15) is 6.04 Å². The minimum atomic E-state index is -0.393. The number of carbonyl (C=O) groups is 2. The van der Waals surface area contributed by atoms with Crippen LogP contribution in [-0.4, -0.2) is 23.9 Å². The highest BCUT2D eigenvalue weighted by Gasteiger charge is 2.28. The smallest absolute Gasteiger partial charge is 0.239 e. The van der Waals surface area contributed by atoms with Gasteiger partial charge in [0.05, 0.1) is 6.42 Å². The summed E-state index contributed by atoms with van der Waals surface area (Å²) in [4.78, 5) is 22.8. The Hall–Kier alpha value is -1.10. The molecule has 2 fully saturated rings. The van der Waals surface area contributed by atoms with Crippen molar-refractivity contribution >= 4 is 11.8 Å². The lowest BCUT2D eigenvalue weighted by atomic mass is 10.1. The fourth-order valence-electron chi connectivity index (χ4n) is 2.34. The van der Waals surface area contributed by atoms with Gasteiger partial charge in [-0.15, -0.1) is 0 Å². The van der Waals surface area contributed by atoms with E-state index >= 15 is 0 Å². The lowest BCUT2D eigenvalue weighted by Crippen LogP contribution is -2.46. The fourth-order valence-corrected chi connectivity index (χ4v) is 2.34. The van der Waals surface area contributed by atoms with Crippen molar-refractivity contribution in [2.45, 2.75) is 57.0 Å². The average Bonchev–Trinajstić information content (AvgIpc) is 2.54. The summed E-state index contributed by atoms with van der Waals surface area (Å²) in [6.07, 6.45) is 7.32. The van der Waals surface area contributed by atoms with Gasteiger partial charge in [0.2, 0.25) is 11.8 Å². The molecular weight excluding hydrogens is 206 g/mol. The zero-order valence-corrected chi connectivity index (χ0v) is 9.42. The third-order valence-electron chi connectivity index (χ3n) is 3.29. The van der Waals surface area contributed by atoms with Gasteiger partial charge in [-0.05, 0) is 12.8 Å². The highest BCUT2D eigenvalue weighted by Crippen LogP contribution is 2.17. The molecule has 1 atom stereocenters. The molecule has 1 heterocycles. The molecule has 5 heteroatoms. The van der Waals surface area contributed by atoms with E-state index in [0.717, 1.165) is 12.8 Å². The van der Waals surface area contributed by atoms with Crippen molar-refractivity contribution in [2.75, 3.05) is 0 Å². The van der Waals surface area contributed by atoms with Crippen LogP contribution in [0.2, 0.25) is 0 Å². The van der Waals surface area contributed by atoms with Crippen molar-refractivity contribution in [3.8, 4) is 0 Å². The van der Waals surface area contributed by atoms with Gasteiger partial charge in [-0.25, -0.2) is 5.43 Å². The Bertz CT molecular complexity index is 272. The van der Waals surface area contributed by atoms with Crippen LogP contribution in [0.3, 0.4) is 0 Å². The summed E-state index contributed by atoms with van der Waals surface area (Å²) in [6, 6.07) is -0.0942. The lowest BCUT2D eigenvalue weighted by molar-refractivity contribution is -0.125. The second-order valence-corrected chi connectivity index (χ2v) is 4.65. The summed E-state index contributed by atoms with van der Waals surface area (Å²) in [6.45, 7) is 0. The predicted molar refractivity (Wildman–Crippen MR) is 59.3 cm³/mol. The third-order valence-corrected chi connectivity index (χ3v) is 3.29. The van der Waals surface area contributed by atoms with E-state index in [9.17, 15) is 9.59 Å². The normalized spacial score (nSPS) is 27.2. The Morgan fingerprint density at radius 1 is 1.19 bits per heavy atom. The molecule has 1 saturated heterocycles. The molecule has 1 saturated carbocycles. The molecule has 3 N–H and O–H groups in total. The maximum Gasteiger partial charge on any atom is 0.239 e. The Labute approximate surface area is 95.3 Å². The van der Waals surface area contributed by atoms with Gasteiger partial charge in [-0.1, -0.05) is 25.7 Å². The zero-order chi connectivity index (χ0) is 11.4. The lowest BCUT2D eigenvalue weighted by Gasteiger charge is -2.18.